The van der Waals surface area contributed by atoms with Gasteiger partial charge in [-0.2, -0.15) is 0 Å². The Labute approximate surface area is 151 Å². The molecular weight excluding hydrogens is 336 g/mol. The molecule has 126 valence electrons. The molecule has 0 saturated carbocycles. The number of nitrogens with zero attached hydrogens (tertiary/aromatic N) is 4. The van der Waals surface area contributed by atoms with Gasteiger partial charge in [-0.3, -0.25) is 9.78 Å². The fraction of sp³-hybridized carbons (Fsp3) is 0.158. The van der Waals surface area contributed by atoms with E-state index in [4.69, 9.17) is 11.6 Å². The Morgan fingerprint density at radius 1 is 1.12 bits per heavy atom. The summed E-state index contributed by atoms with van der Waals surface area (Å²) in [6, 6.07) is 9.12. The van der Waals surface area contributed by atoms with Crippen LogP contribution >= 0.6 is 11.6 Å². The van der Waals surface area contributed by atoms with Crippen molar-refractivity contribution in [2.75, 3.05) is 11.9 Å². The SMILES string of the molecule is Cc1ccnc(CC(=O)c2cc(Cl)cc(N(C)c3cncnc3)c2)c1. The fourth-order valence-corrected chi connectivity index (χ4v) is 2.73. The third-order valence-corrected chi connectivity index (χ3v) is 4.06. The van der Waals surface area contributed by atoms with E-state index in [9.17, 15) is 4.79 Å². The average molecular weight is 353 g/mol. The van der Waals surface area contributed by atoms with Crippen LogP contribution in [0.1, 0.15) is 21.6 Å². The van der Waals surface area contributed by atoms with Crippen molar-refractivity contribution < 1.29 is 4.79 Å². The molecule has 0 spiro atoms. The third-order valence-electron chi connectivity index (χ3n) is 3.84. The Morgan fingerprint density at radius 3 is 2.60 bits per heavy atom. The molecule has 2 aromatic heterocycles. The van der Waals surface area contributed by atoms with Crippen LogP contribution in [0.15, 0.2) is 55.2 Å². The lowest BCUT2D eigenvalue weighted by Gasteiger charge is -2.19. The predicted octanol–water partition coefficient (Wildman–Crippen LogP) is 4.03. The highest BCUT2D eigenvalue weighted by Crippen LogP contribution is 2.27. The molecule has 5 nitrogen and oxygen atoms in total. The number of pyridine rings is 1. The van der Waals surface area contributed by atoms with E-state index in [0.717, 1.165) is 22.6 Å². The van der Waals surface area contributed by atoms with Gasteiger partial charge < -0.3 is 4.90 Å². The maximum Gasteiger partial charge on any atom is 0.168 e. The van der Waals surface area contributed by atoms with Gasteiger partial charge in [0.25, 0.3) is 0 Å². The summed E-state index contributed by atoms with van der Waals surface area (Å²) >= 11 is 6.23. The Morgan fingerprint density at radius 2 is 1.88 bits per heavy atom. The largest absolute Gasteiger partial charge is 0.342 e. The van der Waals surface area contributed by atoms with Gasteiger partial charge in [-0.15, -0.1) is 0 Å². The molecule has 0 atom stereocenters. The number of Topliss-reactive ketones (excluding diaryl/α,β-unsaturated/α-hetero) is 1. The minimum Gasteiger partial charge on any atom is -0.342 e. The number of halogens is 1. The molecule has 6 heteroatoms. The Bertz CT molecular complexity index is 899. The molecule has 0 fully saturated rings. The molecule has 2 heterocycles. The number of hydrogen-bond donors (Lipinski definition) is 0. The summed E-state index contributed by atoms with van der Waals surface area (Å²) in [4.78, 5) is 26.8. The van der Waals surface area contributed by atoms with Crippen molar-refractivity contribution >= 4 is 28.8 Å². The lowest BCUT2D eigenvalue weighted by Crippen LogP contribution is -2.12. The third kappa shape index (κ3) is 4.19. The maximum absolute atomic E-state index is 12.6. The van der Waals surface area contributed by atoms with Gasteiger partial charge in [0.1, 0.15) is 6.33 Å². The zero-order valence-electron chi connectivity index (χ0n) is 14.0. The zero-order chi connectivity index (χ0) is 17.8. The van der Waals surface area contributed by atoms with E-state index < -0.39 is 0 Å². The van der Waals surface area contributed by atoms with Crippen LogP contribution in [0.25, 0.3) is 0 Å². The molecule has 3 rings (SSSR count). The van der Waals surface area contributed by atoms with E-state index in [1.165, 1.54) is 6.33 Å². The highest BCUT2D eigenvalue weighted by molar-refractivity contribution is 6.31. The summed E-state index contributed by atoms with van der Waals surface area (Å²) in [6.07, 6.45) is 6.82. The number of rotatable bonds is 5. The van der Waals surface area contributed by atoms with E-state index in [1.54, 1.807) is 30.7 Å². The van der Waals surface area contributed by atoms with Crippen LogP contribution in [0.5, 0.6) is 0 Å². The molecule has 1 aromatic carbocycles. The normalized spacial score (nSPS) is 10.5. The second kappa shape index (κ2) is 7.40. The number of ketones is 1. The van der Waals surface area contributed by atoms with Gasteiger partial charge in [0, 0.05) is 35.2 Å². The first-order valence-corrected chi connectivity index (χ1v) is 8.15. The van der Waals surface area contributed by atoms with E-state index in [-0.39, 0.29) is 12.2 Å². The van der Waals surface area contributed by atoms with Crippen molar-refractivity contribution in [2.45, 2.75) is 13.3 Å². The van der Waals surface area contributed by atoms with E-state index in [0.29, 0.717) is 10.6 Å². The van der Waals surface area contributed by atoms with E-state index >= 15 is 0 Å². The molecule has 25 heavy (non-hydrogen) atoms. The minimum absolute atomic E-state index is 0.0282. The Kier molecular flexibility index (Phi) is 5.05. The molecule has 0 radical (unpaired) electrons. The van der Waals surface area contributed by atoms with Crippen molar-refractivity contribution in [1.82, 2.24) is 15.0 Å². The van der Waals surface area contributed by atoms with E-state index in [1.807, 2.05) is 37.1 Å². The number of carbonyl (C=O) groups excluding carboxylic acids is 1. The summed E-state index contributed by atoms with van der Waals surface area (Å²) in [6.45, 7) is 1.98. The predicted molar refractivity (Wildman–Crippen MR) is 98.6 cm³/mol. The quantitative estimate of drug-likeness (QED) is 0.649. The molecule has 3 aromatic rings. The number of carbonyl (C=O) groups is 1. The van der Waals surface area contributed by atoms with Crippen molar-refractivity contribution in [3.8, 4) is 0 Å². The van der Waals surface area contributed by atoms with Crippen LogP contribution in [0.3, 0.4) is 0 Å². The molecule has 0 amide bonds. The van der Waals surface area contributed by atoms with Crippen LogP contribution in [0.4, 0.5) is 11.4 Å². The monoisotopic (exact) mass is 352 g/mol. The second-order valence-electron chi connectivity index (χ2n) is 5.78. The van der Waals surface area contributed by atoms with Crippen LogP contribution < -0.4 is 4.90 Å². The van der Waals surface area contributed by atoms with E-state index in [2.05, 4.69) is 15.0 Å². The van der Waals surface area contributed by atoms with Crippen molar-refractivity contribution in [1.29, 1.82) is 0 Å². The van der Waals surface area contributed by atoms with Gasteiger partial charge in [0.15, 0.2) is 5.78 Å². The summed E-state index contributed by atoms with van der Waals surface area (Å²) < 4.78 is 0. The summed E-state index contributed by atoms with van der Waals surface area (Å²) in [5.41, 5.74) is 3.98. The molecule has 0 saturated heterocycles. The smallest absolute Gasteiger partial charge is 0.168 e. The molecular formula is C19H17ClN4O. The lowest BCUT2D eigenvalue weighted by atomic mass is 10.0. The van der Waals surface area contributed by atoms with Gasteiger partial charge in [-0.1, -0.05) is 11.6 Å². The van der Waals surface area contributed by atoms with Gasteiger partial charge >= 0.3 is 0 Å². The van der Waals surface area contributed by atoms with Crippen LogP contribution in [-0.4, -0.2) is 27.8 Å². The number of aryl methyl sites for hydroxylation is 1. The molecule has 0 N–H and O–H groups in total. The van der Waals surface area contributed by atoms with Crippen molar-refractivity contribution in [3.63, 3.8) is 0 Å². The molecule has 0 aliphatic rings. The Hall–Kier alpha value is -2.79. The summed E-state index contributed by atoms with van der Waals surface area (Å²) in [5.74, 6) is -0.0282. The average Bonchev–Trinajstić information content (AvgIpc) is 2.61. The standard InChI is InChI=1S/C19H17ClN4O/c1-13-3-4-23-16(5-13)9-19(25)14-6-15(20)8-17(7-14)24(2)18-10-21-12-22-11-18/h3-8,10-12H,9H2,1-2H3. The van der Waals surface area contributed by atoms with Gasteiger partial charge in [0.05, 0.1) is 24.5 Å². The van der Waals surface area contributed by atoms with Crippen molar-refractivity contribution in [2.24, 2.45) is 0 Å². The van der Waals surface area contributed by atoms with Crippen LogP contribution in [0.2, 0.25) is 5.02 Å². The zero-order valence-corrected chi connectivity index (χ0v) is 14.7. The van der Waals surface area contributed by atoms with Gasteiger partial charge in [-0.25, -0.2) is 9.97 Å². The number of anilines is 2. The van der Waals surface area contributed by atoms with Gasteiger partial charge in [-0.05, 0) is 42.8 Å². The van der Waals surface area contributed by atoms with Crippen molar-refractivity contribution in [3.05, 3.63) is 77.1 Å². The molecule has 0 unspecified atom stereocenters. The highest BCUT2D eigenvalue weighted by Gasteiger charge is 2.13. The maximum atomic E-state index is 12.6. The van der Waals surface area contributed by atoms with Crippen LogP contribution in [0, 0.1) is 6.92 Å². The molecule has 0 aliphatic carbocycles. The second-order valence-corrected chi connectivity index (χ2v) is 6.21. The molecule has 0 bridgehead atoms. The highest BCUT2D eigenvalue weighted by atomic mass is 35.5. The molecule has 0 aliphatic heterocycles. The van der Waals surface area contributed by atoms with Crippen LogP contribution in [-0.2, 0) is 6.42 Å². The number of hydrogen-bond acceptors (Lipinski definition) is 5. The summed E-state index contributed by atoms with van der Waals surface area (Å²) in [7, 11) is 1.88. The summed E-state index contributed by atoms with van der Waals surface area (Å²) in [5, 5.41) is 0.502. The topological polar surface area (TPSA) is 59.0 Å². The number of benzene rings is 1. The first-order chi connectivity index (χ1) is 12.0. The minimum atomic E-state index is -0.0282. The first-order valence-electron chi connectivity index (χ1n) is 7.77. The lowest BCUT2D eigenvalue weighted by molar-refractivity contribution is 0.0992. The first kappa shape index (κ1) is 17.0. The fourth-order valence-electron chi connectivity index (χ4n) is 2.50. The van der Waals surface area contributed by atoms with Gasteiger partial charge in [0.2, 0.25) is 0 Å². The number of aromatic nitrogens is 3. The Balaban J connectivity index is 1.87.